The Morgan fingerprint density at radius 1 is 1.33 bits per heavy atom. The summed E-state index contributed by atoms with van der Waals surface area (Å²) in [4.78, 5) is 37.8. The van der Waals surface area contributed by atoms with E-state index in [2.05, 4.69) is 15.4 Å². The predicted octanol–water partition coefficient (Wildman–Crippen LogP) is 0.322. The predicted molar refractivity (Wildman–Crippen MR) is 99.0 cm³/mol. The van der Waals surface area contributed by atoms with Crippen LogP contribution < -0.4 is 16.4 Å². The third-order valence-electron chi connectivity index (χ3n) is 4.46. The van der Waals surface area contributed by atoms with Gasteiger partial charge in [0.1, 0.15) is 17.9 Å². The molecule has 0 unspecified atom stereocenters. The van der Waals surface area contributed by atoms with Gasteiger partial charge in [-0.05, 0) is 25.3 Å². The highest BCUT2D eigenvalue weighted by atomic mass is 16.5. The van der Waals surface area contributed by atoms with Gasteiger partial charge in [-0.25, -0.2) is 4.79 Å². The zero-order valence-corrected chi connectivity index (χ0v) is 15.5. The molecule has 1 aromatic carbocycles. The molecule has 0 aromatic heterocycles. The molecular weight excluding hydrogens is 350 g/mol. The van der Waals surface area contributed by atoms with Gasteiger partial charge < -0.3 is 26.0 Å². The normalized spacial score (nSPS) is 17.1. The molecule has 27 heavy (non-hydrogen) atoms. The number of nitrogen functional groups attached to an aromatic ring is 1. The summed E-state index contributed by atoms with van der Waals surface area (Å²) in [5, 5.41) is 12.6. The largest absolute Gasteiger partial charge is 0.453 e. The van der Waals surface area contributed by atoms with Crippen LogP contribution in [-0.2, 0) is 20.9 Å². The van der Waals surface area contributed by atoms with Gasteiger partial charge in [-0.2, -0.15) is 0 Å². The summed E-state index contributed by atoms with van der Waals surface area (Å²) in [6, 6.07) is 5.68. The van der Waals surface area contributed by atoms with Gasteiger partial charge in [-0.3, -0.25) is 15.0 Å². The first-order valence-electron chi connectivity index (χ1n) is 8.69. The van der Waals surface area contributed by atoms with Crippen molar-refractivity contribution in [1.29, 1.82) is 5.41 Å². The number of benzene rings is 1. The number of amides is 3. The second-order valence-electron chi connectivity index (χ2n) is 6.38. The average molecular weight is 375 g/mol. The molecule has 3 amide bonds. The first-order valence-corrected chi connectivity index (χ1v) is 8.69. The number of hydrogen-bond acceptors (Lipinski definition) is 5. The van der Waals surface area contributed by atoms with E-state index in [4.69, 9.17) is 11.1 Å². The first-order chi connectivity index (χ1) is 12.8. The van der Waals surface area contributed by atoms with Crippen LogP contribution in [0.15, 0.2) is 24.3 Å². The lowest BCUT2D eigenvalue weighted by Gasteiger charge is -2.27. The van der Waals surface area contributed by atoms with Crippen molar-refractivity contribution >= 4 is 23.7 Å². The highest BCUT2D eigenvalue weighted by Crippen LogP contribution is 2.19. The number of alkyl carbamates (subject to hydrolysis) is 1. The van der Waals surface area contributed by atoms with E-state index in [0.717, 1.165) is 12.0 Å². The number of carbonyl (C=O) groups is 3. The van der Waals surface area contributed by atoms with Crippen LogP contribution in [0.5, 0.6) is 0 Å². The van der Waals surface area contributed by atoms with Crippen molar-refractivity contribution in [3.05, 3.63) is 35.4 Å². The summed E-state index contributed by atoms with van der Waals surface area (Å²) < 4.78 is 4.50. The molecule has 1 saturated heterocycles. The van der Waals surface area contributed by atoms with Crippen molar-refractivity contribution in [2.45, 2.75) is 38.4 Å². The number of amidine groups is 1. The van der Waals surface area contributed by atoms with Gasteiger partial charge in [-0.1, -0.05) is 24.3 Å². The summed E-state index contributed by atoms with van der Waals surface area (Å²) in [5.41, 5.74) is 6.90. The number of hydrogen-bond donors (Lipinski definition) is 4. The van der Waals surface area contributed by atoms with Crippen LogP contribution in [0.25, 0.3) is 0 Å². The number of nitrogens with one attached hydrogen (secondary N) is 3. The Kier molecular flexibility index (Phi) is 6.75. The molecule has 0 radical (unpaired) electrons. The third kappa shape index (κ3) is 5.19. The second-order valence-corrected chi connectivity index (χ2v) is 6.38. The van der Waals surface area contributed by atoms with Crippen LogP contribution in [0.4, 0.5) is 4.79 Å². The summed E-state index contributed by atoms with van der Waals surface area (Å²) >= 11 is 0. The van der Waals surface area contributed by atoms with E-state index in [1.807, 2.05) is 0 Å². The average Bonchev–Trinajstić information content (AvgIpc) is 3.15. The highest BCUT2D eigenvalue weighted by Gasteiger charge is 2.36. The minimum Gasteiger partial charge on any atom is -0.453 e. The first kappa shape index (κ1) is 20.2. The molecule has 1 aliphatic rings. The number of rotatable bonds is 6. The Morgan fingerprint density at radius 2 is 2.00 bits per heavy atom. The van der Waals surface area contributed by atoms with E-state index in [0.29, 0.717) is 25.1 Å². The lowest BCUT2D eigenvalue weighted by molar-refractivity contribution is -0.139. The smallest absolute Gasteiger partial charge is 0.407 e. The summed E-state index contributed by atoms with van der Waals surface area (Å²) in [7, 11) is 1.22. The number of likely N-dealkylation sites (tertiary alicyclic amines) is 1. The molecule has 1 fully saturated rings. The zero-order chi connectivity index (χ0) is 20.0. The quantitative estimate of drug-likeness (QED) is 0.419. The number of ether oxygens (including phenoxy) is 1. The molecule has 5 N–H and O–H groups in total. The van der Waals surface area contributed by atoms with Gasteiger partial charge in [0, 0.05) is 18.7 Å². The van der Waals surface area contributed by atoms with Gasteiger partial charge in [0.2, 0.25) is 11.8 Å². The number of nitrogens with zero attached hydrogens (tertiary/aromatic N) is 1. The van der Waals surface area contributed by atoms with E-state index >= 15 is 0 Å². The number of carbonyl (C=O) groups excluding carboxylic acids is 3. The molecule has 0 spiro atoms. The van der Waals surface area contributed by atoms with E-state index in [1.54, 1.807) is 31.2 Å². The molecule has 1 aromatic rings. The monoisotopic (exact) mass is 375 g/mol. The molecule has 146 valence electrons. The molecule has 1 heterocycles. The highest BCUT2D eigenvalue weighted by molar-refractivity contribution is 5.95. The van der Waals surface area contributed by atoms with Crippen LogP contribution in [-0.4, -0.2) is 54.4 Å². The summed E-state index contributed by atoms with van der Waals surface area (Å²) in [6.45, 7) is 2.34. The third-order valence-corrected chi connectivity index (χ3v) is 4.46. The Bertz CT molecular complexity index is 719. The van der Waals surface area contributed by atoms with Gasteiger partial charge >= 0.3 is 6.09 Å². The van der Waals surface area contributed by atoms with Crippen molar-refractivity contribution in [2.24, 2.45) is 5.73 Å². The minimum absolute atomic E-state index is 0.0135. The van der Waals surface area contributed by atoms with E-state index < -0.39 is 18.2 Å². The van der Waals surface area contributed by atoms with Gasteiger partial charge in [0.15, 0.2) is 0 Å². The molecule has 0 saturated carbocycles. The summed E-state index contributed by atoms with van der Waals surface area (Å²) in [5.74, 6) is -0.564. The van der Waals surface area contributed by atoms with Gasteiger partial charge in [-0.15, -0.1) is 0 Å². The van der Waals surface area contributed by atoms with E-state index in [-0.39, 0.29) is 17.6 Å². The van der Waals surface area contributed by atoms with Crippen molar-refractivity contribution < 1.29 is 19.1 Å². The Labute approximate surface area is 157 Å². The van der Waals surface area contributed by atoms with E-state index in [9.17, 15) is 14.4 Å². The summed E-state index contributed by atoms with van der Waals surface area (Å²) in [6.07, 6.45) is 0.610. The van der Waals surface area contributed by atoms with Crippen LogP contribution >= 0.6 is 0 Å². The van der Waals surface area contributed by atoms with Crippen LogP contribution in [0.3, 0.4) is 0 Å². The minimum atomic E-state index is -0.773. The standard InChI is InChI=1S/C18H25N5O4/c1-11(22-18(26)27-2)17(25)23-9-3-4-14(23)16(24)21-10-12-5-7-13(8-6-12)15(19)20/h5-8,11,14H,3-4,9-10H2,1-2H3,(H3,19,20)(H,21,24)(H,22,26)/t11-,14+/m1/s1. The van der Waals surface area contributed by atoms with Crippen LogP contribution in [0.1, 0.15) is 30.9 Å². The molecule has 2 atom stereocenters. The molecule has 1 aliphatic heterocycles. The molecular formula is C18H25N5O4. The van der Waals surface area contributed by atoms with Crippen LogP contribution in [0.2, 0.25) is 0 Å². The van der Waals surface area contributed by atoms with Crippen molar-refractivity contribution in [3.63, 3.8) is 0 Å². The van der Waals surface area contributed by atoms with Gasteiger partial charge in [0.25, 0.3) is 0 Å². The van der Waals surface area contributed by atoms with Crippen molar-refractivity contribution in [1.82, 2.24) is 15.5 Å². The molecule has 9 heteroatoms. The fraction of sp³-hybridized carbons (Fsp3) is 0.444. The SMILES string of the molecule is COC(=O)N[C@H](C)C(=O)N1CCC[C@H]1C(=O)NCc1ccc(C(=N)N)cc1. The maximum atomic E-state index is 12.5. The fourth-order valence-electron chi connectivity index (χ4n) is 2.96. The molecule has 0 aliphatic carbocycles. The fourth-order valence-corrected chi connectivity index (χ4v) is 2.96. The van der Waals surface area contributed by atoms with Crippen LogP contribution in [0, 0.1) is 5.41 Å². The van der Waals surface area contributed by atoms with Gasteiger partial charge in [0.05, 0.1) is 7.11 Å². The number of nitrogens with two attached hydrogens (primary N) is 1. The topological polar surface area (TPSA) is 138 Å². The Balaban J connectivity index is 1.93. The molecule has 0 bridgehead atoms. The molecule has 2 rings (SSSR count). The Morgan fingerprint density at radius 3 is 2.59 bits per heavy atom. The lowest BCUT2D eigenvalue weighted by Crippen LogP contribution is -2.52. The Hall–Kier alpha value is -3.10. The number of methoxy groups -OCH3 is 1. The maximum absolute atomic E-state index is 12.5. The van der Waals surface area contributed by atoms with Crippen molar-refractivity contribution in [3.8, 4) is 0 Å². The lowest BCUT2D eigenvalue weighted by atomic mass is 10.1. The van der Waals surface area contributed by atoms with Crippen molar-refractivity contribution in [2.75, 3.05) is 13.7 Å². The van der Waals surface area contributed by atoms with E-state index in [1.165, 1.54) is 12.0 Å². The zero-order valence-electron chi connectivity index (χ0n) is 15.5. The molecule has 9 nitrogen and oxygen atoms in total. The second kappa shape index (κ2) is 9.02. The maximum Gasteiger partial charge on any atom is 0.407 e.